The molecular weight excluding hydrogens is 580 g/mol. The zero-order valence-electron chi connectivity index (χ0n) is 25.5. The second kappa shape index (κ2) is 12.4. The summed E-state index contributed by atoms with van der Waals surface area (Å²) in [6.07, 6.45) is 3.65. The number of fused-ring (bicyclic) bond motifs is 8. The Morgan fingerprint density at radius 2 is 1.09 bits per heavy atom. The van der Waals surface area contributed by atoms with Crippen molar-refractivity contribution < 1.29 is 38.6 Å². The molecule has 43 heavy (non-hydrogen) atoms. The third kappa shape index (κ3) is 5.92. The Balaban J connectivity index is 0.00000264. The molecule has 0 amide bonds. The Morgan fingerprint density at radius 3 is 1.51 bits per heavy atom. The van der Waals surface area contributed by atoms with Crippen LogP contribution in [0, 0.1) is 13.8 Å². The first-order valence-electron chi connectivity index (χ1n) is 13.7. The summed E-state index contributed by atoms with van der Waals surface area (Å²) in [5.74, 6) is -2.31. The van der Waals surface area contributed by atoms with Gasteiger partial charge in [-0.05, 0) is 70.6 Å². The van der Waals surface area contributed by atoms with Gasteiger partial charge in [-0.2, -0.15) is 0 Å². The van der Waals surface area contributed by atoms with Gasteiger partial charge in [-0.15, -0.1) is 22.1 Å². The summed E-state index contributed by atoms with van der Waals surface area (Å²) in [7, 11) is 0. The van der Waals surface area contributed by atoms with E-state index in [1.54, 1.807) is 18.2 Å². The second-order valence-corrected chi connectivity index (χ2v) is 10.5. The standard InChI is InChI=1S/C34H34N4O4.Cr/c1-7-21-17(3)25-13-26-19(5)23(9-11-33(39)40)31(37-26)16-32-24(10-12-34(41)42)20(6)28(38-32)15-30-22(8-2)18(4)27(36-30)14-29(21)35-25;/h7-8,13-16H,1-2,9-12H2,3-6H3,(H4,35,36,37,38,39,40,41,42);/q;+3/p-3. The molecule has 3 aromatic heterocycles. The van der Waals surface area contributed by atoms with Crippen LogP contribution in [0.2, 0.25) is 0 Å². The Labute approximate surface area is 262 Å². The molecule has 0 N–H and O–H groups in total. The quantitative estimate of drug-likeness (QED) is 0.375. The molecule has 0 saturated carbocycles. The number of allylic oxidation sites excluding steroid dienone is 6. The van der Waals surface area contributed by atoms with E-state index in [0.29, 0.717) is 27.8 Å². The molecule has 8 nitrogen and oxygen atoms in total. The largest absolute Gasteiger partial charge is 3.00 e. The average Bonchev–Trinajstić information content (AvgIpc) is 3.59. The van der Waals surface area contributed by atoms with Crippen molar-refractivity contribution >= 4 is 56.3 Å². The van der Waals surface area contributed by atoms with Gasteiger partial charge in [0.05, 0.1) is 22.8 Å². The molecular formula is C34H31CrN4O4. The van der Waals surface area contributed by atoms with E-state index in [4.69, 9.17) is 19.9 Å². The minimum Gasteiger partial charge on any atom is -0.657 e. The average molecular weight is 612 g/mol. The normalized spacial score (nSPS) is 12.7. The van der Waals surface area contributed by atoms with Gasteiger partial charge in [0.25, 0.3) is 0 Å². The van der Waals surface area contributed by atoms with Crippen LogP contribution in [-0.4, -0.2) is 21.9 Å². The summed E-state index contributed by atoms with van der Waals surface area (Å²) < 4.78 is 0. The Bertz CT molecular complexity index is 1930. The van der Waals surface area contributed by atoms with Crippen LogP contribution in [0.4, 0.5) is 0 Å². The van der Waals surface area contributed by atoms with Gasteiger partial charge in [0, 0.05) is 23.1 Å². The topological polar surface area (TPSA) is 134 Å². The Morgan fingerprint density at radius 1 is 0.698 bits per heavy atom. The van der Waals surface area contributed by atoms with Gasteiger partial charge >= 0.3 is 18.8 Å². The molecule has 0 saturated heterocycles. The van der Waals surface area contributed by atoms with E-state index < -0.39 is 11.9 Å². The molecule has 0 unspecified atom stereocenters. The third-order valence-electron chi connectivity index (χ3n) is 8.04. The predicted octanol–water partition coefficient (Wildman–Crippen LogP) is 3.90. The van der Waals surface area contributed by atoms with Crippen molar-refractivity contribution in [1.82, 2.24) is 19.9 Å². The smallest absolute Gasteiger partial charge is 0.657 e. The van der Waals surface area contributed by atoms with Crippen molar-refractivity contribution in [2.24, 2.45) is 0 Å². The van der Waals surface area contributed by atoms with Crippen LogP contribution in [0.5, 0.6) is 0 Å². The summed E-state index contributed by atoms with van der Waals surface area (Å²) in [6.45, 7) is 15.8. The molecule has 0 aromatic carbocycles. The molecule has 2 aliphatic rings. The monoisotopic (exact) mass is 611 g/mol. The number of aromatic nitrogens is 4. The summed E-state index contributed by atoms with van der Waals surface area (Å²) in [6, 6.07) is 7.52. The third-order valence-corrected chi connectivity index (χ3v) is 8.04. The van der Waals surface area contributed by atoms with Gasteiger partial charge in [-0.1, -0.05) is 65.8 Å². The van der Waals surface area contributed by atoms with Crippen LogP contribution in [0.3, 0.4) is 0 Å². The van der Waals surface area contributed by atoms with E-state index in [1.807, 2.05) is 45.9 Å². The minimum atomic E-state index is -1.16. The van der Waals surface area contributed by atoms with E-state index in [0.717, 1.165) is 61.6 Å². The molecule has 5 heterocycles. The van der Waals surface area contributed by atoms with E-state index in [9.17, 15) is 19.8 Å². The van der Waals surface area contributed by atoms with Crippen molar-refractivity contribution in [2.75, 3.05) is 0 Å². The van der Waals surface area contributed by atoms with Crippen molar-refractivity contribution in [3.8, 4) is 0 Å². The van der Waals surface area contributed by atoms with Crippen molar-refractivity contribution in [3.63, 3.8) is 0 Å². The van der Waals surface area contributed by atoms with Crippen LogP contribution in [0.15, 0.2) is 49.6 Å². The molecule has 2 aliphatic heterocycles. The minimum absolute atomic E-state index is 0. The molecule has 1 radical (unpaired) electrons. The van der Waals surface area contributed by atoms with Gasteiger partial charge in [0.15, 0.2) is 0 Å². The number of aryl methyl sites for hydroxylation is 4. The molecule has 9 heteroatoms. The molecule has 8 bridgehead atoms. The summed E-state index contributed by atoms with van der Waals surface area (Å²) in [4.78, 5) is 42.4. The first kappa shape index (κ1) is 31.5. The molecule has 0 spiro atoms. The van der Waals surface area contributed by atoms with Crippen LogP contribution < -0.4 is 20.2 Å². The molecule has 0 aliphatic carbocycles. The summed E-state index contributed by atoms with van der Waals surface area (Å²) >= 11 is 0. The van der Waals surface area contributed by atoms with Gasteiger partial charge in [-0.25, -0.2) is 9.97 Å². The maximum atomic E-state index is 11.4. The summed E-state index contributed by atoms with van der Waals surface area (Å²) in [5, 5.41) is 22.8. The van der Waals surface area contributed by atoms with Gasteiger partial charge in [0.2, 0.25) is 0 Å². The number of carboxylic acids is 2. The fraction of sp³-hybridized carbons (Fsp3) is 0.235. The van der Waals surface area contributed by atoms with Crippen LogP contribution in [0.25, 0.3) is 44.4 Å². The number of carbonyl (C=O) groups excluding carboxylic acids is 2. The molecule has 217 valence electrons. The van der Waals surface area contributed by atoms with Gasteiger partial charge < -0.3 is 29.8 Å². The van der Waals surface area contributed by atoms with Crippen LogP contribution in [-0.2, 0) is 39.8 Å². The number of hydrogen-bond acceptors (Lipinski definition) is 6. The number of rotatable bonds is 8. The van der Waals surface area contributed by atoms with E-state index in [1.165, 1.54) is 0 Å². The van der Waals surface area contributed by atoms with Crippen LogP contribution >= 0.6 is 0 Å². The number of carboxylic acid groups (broad SMARTS) is 2. The Kier molecular flexibility index (Phi) is 9.10. The van der Waals surface area contributed by atoms with Crippen LogP contribution in [0.1, 0.15) is 73.1 Å². The zero-order chi connectivity index (χ0) is 30.3. The summed E-state index contributed by atoms with van der Waals surface area (Å²) in [5.41, 5.74) is 12.2. The number of hydrogen-bond donors (Lipinski definition) is 0. The van der Waals surface area contributed by atoms with Gasteiger partial charge in [-0.3, -0.25) is 0 Å². The van der Waals surface area contributed by atoms with E-state index in [-0.39, 0.29) is 44.5 Å². The fourth-order valence-corrected chi connectivity index (χ4v) is 5.60. The van der Waals surface area contributed by atoms with E-state index in [2.05, 4.69) is 13.2 Å². The van der Waals surface area contributed by atoms with E-state index >= 15 is 0 Å². The predicted molar refractivity (Wildman–Crippen MR) is 162 cm³/mol. The Hall–Kier alpha value is -4.45. The molecule has 0 atom stereocenters. The van der Waals surface area contributed by atoms with Crippen molar-refractivity contribution in [2.45, 2.75) is 53.4 Å². The first-order chi connectivity index (χ1) is 20.0. The first-order valence-corrected chi connectivity index (χ1v) is 13.7. The van der Waals surface area contributed by atoms with Crippen molar-refractivity contribution in [3.05, 3.63) is 94.6 Å². The number of carbonyl (C=O) groups is 2. The fourth-order valence-electron chi connectivity index (χ4n) is 5.60. The maximum absolute atomic E-state index is 11.4. The maximum Gasteiger partial charge on any atom is 3.00 e. The molecule has 0 fully saturated rings. The molecule has 5 rings (SSSR count). The van der Waals surface area contributed by atoms with Gasteiger partial charge in [0.1, 0.15) is 0 Å². The SMILES string of the molecule is C=CC1=C(C)c2cc3[n-]c(cc4[n-]c(cc5nc(cc1n2)C(C)=C5C=C)c(C)c4CCC(=O)[O-])c(CCC(=O)[O-])c3C.[Cr+3].[H+]. The second-order valence-electron chi connectivity index (χ2n) is 10.5. The number of aliphatic carboxylic acids is 2. The molecule has 3 aromatic rings. The number of nitrogens with zero attached hydrogens (tertiary/aromatic N) is 4. The van der Waals surface area contributed by atoms with Crippen molar-refractivity contribution in [1.29, 1.82) is 0 Å². The zero-order valence-corrected chi connectivity index (χ0v) is 25.8.